The van der Waals surface area contributed by atoms with E-state index in [1.54, 1.807) is 12.1 Å². The number of nitrogens with two attached hydrogens (primary N) is 1. The number of nitrogens with one attached hydrogen (secondary N) is 1. The molecule has 0 radical (unpaired) electrons. The van der Waals surface area contributed by atoms with Crippen LogP contribution >= 0.6 is 7.60 Å². The molecule has 1 aromatic carbocycles. The Morgan fingerprint density at radius 3 is 2.25 bits per heavy atom. The van der Waals surface area contributed by atoms with Crippen molar-refractivity contribution in [2.45, 2.75) is 44.0 Å². The van der Waals surface area contributed by atoms with Gasteiger partial charge in [0, 0.05) is 12.2 Å². The summed E-state index contributed by atoms with van der Waals surface area (Å²) in [7, 11) is -6.06. The molecule has 0 aliphatic rings. The first kappa shape index (κ1) is 27.6. The van der Waals surface area contributed by atoms with Gasteiger partial charge < -0.3 is 30.1 Å². The molecule has 0 atom stereocenters. The van der Waals surface area contributed by atoms with Crippen LogP contribution in [0, 0.1) is 6.92 Å². The van der Waals surface area contributed by atoms with Gasteiger partial charge in [0.05, 0.1) is 25.8 Å². The third-order valence-electron chi connectivity index (χ3n) is 5.07. The summed E-state index contributed by atoms with van der Waals surface area (Å²) in [5, 5.41) is -0.826. The lowest BCUT2D eigenvalue weighted by molar-refractivity contribution is -0.211. The second-order valence-electron chi connectivity index (χ2n) is 7.90. The molecule has 5 N–H and O–H groups in total. The quantitative estimate of drug-likeness (QED) is 0.230. The van der Waals surface area contributed by atoms with Gasteiger partial charge in [0.25, 0.3) is 0 Å². The second kappa shape index (κ2) is 9.84. The first-order valence-electron chi connectivity index (χ1n) is 10.1. The smallest absolute Gasteiger partial charge is 0.368 e. The predicted molar refractivity (Wildman–Crippen MR) is 116 cm³/mol. The molecule has 0 aliphatic heterocycles. The SMILES string of the molecule is Cc1ccccc1Nc1nc(N)nc2c1ncn2CCOC(CC(F)(F)F)(CC(F)(F)F)P(=O)(O)O. The molecule has 198 valence electrons. The molecule has 0 saturated carbocycles. The Hall–Kier alpha value is -2.94. The van der Waals surface area contributed by atoms with Crippen LogP contribution in [0.4, 0.5) is 43.8 Å². The number of rotatable bonds is 9. The molecular formula is C19H21F6N6O4P. The van der Waals surface area contributed by atoms with E-state index in [0.29, 0.717) is 5.69 Å². The number of halogens is 6. The standard InChI is InChI=1S/C19H21F6N6O4P/c1-11-4-2-3-5-12(11)28-14-13-15(30-16(26)29-14)31(10-27-13)6-7-35-17(36(32,33)34,8-18(20,21)22)9-19(23,24)25/h2-5,10H,6-9H2,1H3,(H2,32,33,34)(H3,26,28,29,30). The summed E-state index contributed by atoms with van der Waals surface area (Å²) in [4.78, 5) is 31.1. The van der Waals surface area contributed by atoms with E-state index >= 15 is 0 Å². The van der Waals surface area contributed by atoms with Crippen molar-refractivity contribution in [2.24, 2.45) is 0 Å². The largest absolute Gasteiger partial charge is 0.392 e. The zero-order valence-corrected chi connectivity index (χ0v) is 19.4. The Labute approximate surface area is 199 Å². The van der Waals surface area contributed by atoms with Crippen molar-refractivity contribution >= 4 is 36.2 Å². The summed E-state index contributed by atoms with van der Waals surface area (Å²) in [6, 6.07) is 7.17. The fourth-order valence-electron chi connectivity index (χ4n) is 3.47. The topological polar surface area (TPSA) is 148 Å². The Morgan fingerprint density at radius 2 is 1.69 bits per heavy atom. The molecular weight excluding hydrogens is 521 g/mol. The van der Waals surface area contributed by atoms with Gasteiger partial charge in [-0.2, -0.15) is 36.3 Å². The van der Waals surface area contributed by atoms with E-state index in [9.17, 15) is 40.7 Å². The van der Waals surface area contributed by atoms with Crippen LogP contribution in [-0.2, 0) is 15.8 Å². The van der Waals surface area contributed by atoms with Crippen LogP contribution in [0.2, 0.25) is 0 Å². The number of para-hydroxylation sites is 1. The molecule has 0 bridgehead atoms. The molecule has 0 spiro atoms. The van der Waals surface area contributed by atoms with Crippen molar-refractivity contribution in [3.8, 4) is 0 Å². The van der Waals surface area contributed by atoms with E-state index in [1.807, 2.05) is 19.1 Å². The number of nitrogen functional groups attached to an aromatic ring is 1. The third-order valence-corrected chi connectivity index (χ3v) is 6.57. The molecule has 0 saturated heterocycles. The van der Waals surface area contributed by atoms with Gasteiger partial charge >= 0.3 is 19.9 Å². The zero-order valence-electron chi connectivity index (χ0n) is 18.5. The number of hydrogen-bond donors (Lipinski definition) is 4. The first-order chi connectivity index (χ1) is 16.5. The number of anilines is 3. The van der Waals surface area contributed by atoms with Crippen molar-refractivity contribution in [2.75, 3.05) is 17.7 Å². The molecule has 0 fully saturated rings. The van der Waals surface area contributed by atoms with Gasteiger partial charge in [0.1, 0.15) is 0 Å². The molecule has 17 heteroatoms. The van der Waals surface area contributed by atoms with Crippen LogP contribution in [0.1, 0.15) is 18.4 Å². The molecule has 36 heavy (non-hydrogen) atoms. The minimum absolute atomic E-state index is 0.0654. The maximum absolute atomic E-state index is 13.0. The molecule has 0 aliphatic carbocycles. The van der Waals surface area contributed by atoms with E-state index in [1.165, 1.54) is 4.57 Å². The third kappa shape index (κ3) is 6.63. The van der Waals surface area contributed by atoms with Gasteiger partial charge in [-0.1, -0.05) is 18.2 Å². The zero-order chi connectivity index (χ0) is 26.9. The van der Waals surface area contributed by atoms with E-state index in [4.69, 9.17) is 10.5 Å². The maximum atomic E-state index is 13.0. The lowest BCUT2D eigenvalue weighted by Crippen LogP contribution is -2.42. The van der Waals surface area contributed by atoms with Gasteiger partial charge in [0.15, 0.2) is 22.3 Å². The normalized spacial score (nSPS) is 13.4. The Kier molecular flexibility index (Phi) is 7.56. The minimum atomic E-state index is -6.06. The van der Waals surface area contributed by atoms with Crippen molar-refractivity contribution in [3.05, 3.63) is 36.2 Å². The van der Waals surface area contributed by atoms with E-state index in [0.717, 1.165) is 11.9 Å². The van der Waals surface area contributed by atoms with E-state index < -0.39 is 51.3 Å². The molecule has 3 aromatic rings. The van der Waals surface area contributed by atoms with E-state index in [2.05, 4.69) is 20.3 Å². The molecule has 2 heterocycles. The van der Waals surface area contributed by atoms with Crippen molar-refractivity contribution in [1.29, 1.82) is 0 Å². The van der Waals surface area contributed by atoms with Crippen LogP contribution in [0.3, 0.4) is 0 Å². The van der Waals surface area contributed by atoms with Crippen molar-refractivity contribution < 1.29 is 45.4 Å². The Morgan fingerprint density at radius 1 is 1.08 bits per heavy atom. The summed E-state index contributed by atoms with van der Waals surface area (Å²) in [6.07, 6.45) is -14.6. The fraction of sp³-hybridized carbons (Fsp3) is 0.421. The number of aryl methyl sites for hydroxylation is 1. The number of nitrogens with zero attached hydrogens (tertiary/aromatic N) is 4. The van der Waals surface area contributed by atoms with Gasteiger partial charge in [-0.15, -0.1) is 0 Å². The number of alkyl halides is 6. The molecule has 2 aromatic heterocycles. The average molecular weight is 542 g/mol. The number of fused-ring (bicyclic) bond motifs is 1. The summed E-state index contributed by atoms with van der Waals surface area (Å²) in [5.41, 5.74) is 7.52. The number of aromatic nitrogens is 4. The summed E-state index contributed by atoms with van der Waals surface area (Å²) < 4.78 is 95.8. The second-order valence-corrected chi connectivity index (χ2v) is 9.81. The van der Waals surface area contributed by atoms with Crippen LogP contribution in [0.15, 0.2) is 30.6 Å². The average Bonchev–Trinajstić information content (AvgIpc) is 3.09. The molecule has 0 amide bonds. The fourth-order valence-corrected chi connectivity index (χ4v) is 4.50. The number of hydrogen-bond acceptors (Lipinski definition) is 7. The van der Waals surface area contributed by atoms with Gasteiger partial charge in [-0.25, -0.2) is 4.98 Å². The number of benzene rings is 1. The monoisotopic (exact) mass is 542 g/mol. The highest BCUT2D eigenvalue weighted by Crippen LogP contribution is 2.60. The molecule has 3 rings (SSSR count). The Balaban J connectivity index is 1.89. The summed E-state index contributed by atoms with van der Waals surface area (Å²) >= 11 is 0. The van der Waals surface area contributed by atoms with Gasteiger partial charge in [-0.3, -0.25) is 4.57 Å². The van der Waals surface area contributed by atoms with Crippen molar-refractivity contribution in [3.63, 3.8) is 0 Å². The predicted octanol–water partition coefficient (Wildman–Crippen LogP) is 4.26. The van der Waals surface area contributed by atoms with Crippen LogP contribution in [-0.4, -0.2) is 53.6 Å². The number of imidazole rings is 1. The molecule has 10 nitrogen and oxygen atoms in total. The highest BCUT2D eigenvalue weighted by Gasteiger charge is 2.59. The highest BCUT2D eigenvalue weighted by atomic mass is 31.2. The molecule has 0 unspecified atom stereocenters. The highest BCUT2D eigenvalue weighted by molar-refractivity contribution is 7.53. The van der Waals surface area contributed by atoms with E-state index in [-0.39, 0.29) is 22.9 Å². The van der Waals surface area contributed by atoms with Crippen LogP contribution < -0.4 is 11.1 Å². The summed E-state index contributed by atoms with van der Waals surface area (Å²) in [6.45, 7) is 0.441. The summed E-state index contributed by atoms with van der Waals surface area (Å²) in [5.74, 6) is -0.0230. The lowest BCUT2D eigenvalue weighted by atomic mass is 10.1. The lowest BCUT2D eigenvalue weighted by Gasteiger charge is -2.35. The number of ether oxygens (including phenoxy) is 1. The van der Waals surface area contributed by atoms with Crippen LogP contribution in [0.5, 0.6) is 0 Å². The minimum Gasteiger partial charge on any atom is -0.368 e. The van der Waals surface area contributed by atoms with Crippen molar-refractivity contribution in [1.82, 2.24) is 19.5 Å². The maximum Gasteiger partial charge on any atom is 0.392 e. The van der Waals surface area contributed by atoms with Crippen LogP contribution in [0.25, 0.3) is 11.2 Å². The van der Waals surface area contributed by atoms with Gasteiger partial charge in [-0.05, 0) is 18.6 Å². The first-order valence-corrected chi connectivity index (χ1v) is 11.7. The van der Waals surface area contributed by atoms with Gasteiger partial charge in [0.2, 0.25) is 5.95 Å². The Bertz CT molecular complexity index is 1260.